The van der Waals surface area contributed by atoms with Crippen LogP contribution in [0.4, 0.5) is 19.0 Å². The normalized spacial score (nSPS) is 25.2. The van der Waals surface area contributed by atoms with Crippen molar-refractivity contribution in [1.29, 1.82) is 0 Å². The molecule has 0 radical (unpaired) electrons. The molecule has 1 aromatic carbocycles. The van der Waals surface area contributed by atoms with Crippen LogP contribution in [0, 0.1) is 11.6 Å². The molecule has 188 valence electrons. The number of nitrogens with zero attached hydrogens (tertiary/aromatic N) is 3. The maximum absolute atomic E-state index is 15.1. The second-order valence-electron chi connectivity index (χ2n) is 10.8. The number of carbonyl (C=O) groups excluding carboxylic acids is 2. The van der Waals surface area contributed by atoms with Crippen LogP contribution in [-0.2, 0) is 28.6 Å². The SMILES string of the molecule is CC1(n2nc(-c3ccc(CC(=O)Cc4cc(C56CC(F)(C5)C6)no4)c(F)c3F)c(C(N)=O)c2N)CC1. The number of hydrogen-bond acceptors (Lipinski definition) is 6. The fourth-order valence-corrected chi connectivity index (χ4v) is 5.63. The lowest BCUT2D eigenvalue weighted by atomic mass is 9.41. The van der Waals surface area contributed by atoms with Gasteiger partial charge in [0.15, 0.2) is 11.6 Å². The Labute approximate surface area is 203 Å². The van der Waals surface area contributed by atoms with Gasteiger partial charge < -0.3 is 16.0 Å². The van der Waals surface area contributed by atoms with E-state index in [0.29, 0.717) is 30.7 Å². The number of amides is 1. The van der Waals surface area contributed by atoms with Crippen molar-refractivity contribution in [2.75, 3.05) is 5.73 Å². The molecule has 4 N–H and O–H groups in total. The summed E-state index contributed by atoms with van der Waals surface area (Å²) in [5, 5.41) is 8.28. The zero-order valence-electron chi connectivity index (χ0n) is 19.5. The predicted molar refractivity (Wildman–Crippen MR) is 122 cm³/mol. The molecule has 2 aromatic heterocycles. The molecule has 4 aliphatic rings. The summed E-state index contributed by atoms with van der Waals surface area (Å²) in [6, 6.07) is 4.18. The maximum Gasteiger partial charge on any atom is 0.254 e. The minimum Gasteiger partial charge on any atom is -0.383 e. The van der Waals surface area contributed by atoms with Gasteiger partial charge in [-0.2, -0.15) is 5.10 Å². The van der Waals surface area contributed by atoms with Gasteiger partial charge in [0.25, 0.3) is 5.91 Å². The lowest BCUT2D eigenvalue weighted by molar-refractivity contribution is -0.160. The average molecular weight is 499 g/mol. The van der Waals surface area contributed by atoms with Crippen LogP contribution < -0.4 is 11.5 Å². The van der Waals surface area contributed by atoms with Crippen LogP contribution >= 0.6 is 0 Å². The number of ketones is 1. The number of carbonyl (C=O) groups is 2. The number of nitrogens with two attached hydrogens (primary N) is 2. The van der Waals surface area contributed by atoms with Crippen molar-refractivity contribution in [2.24, 2.45) is 5.73 Å². The van der Waals surface area contributed by atoms with Crippen LogP contribution in [0.2, 0.25) is 0 Å². The Balaban J connectivity index is 1.22. The van der Waals surface area contributed by atoms with E-state index in [-0.39, 0.29) is 46.5 Å². The predicted octanol–water partition coefficient (Wildman–Crippen LogP) is 3.50. The number of alkyl halides is 1. The van der Waals surface area contributed by atoms with E-state index in [2.05, 4.69) is 10.3 Å². The fraction of sp³-hybridized carbons (Fsp3) is 0.440. The van der Waals surface area contributed by atoms with Crippen molar-refractivity contribution in [3.8, 4) is 11.3 Å². The largest absolute Gasteiger partial charge is 0.383 e. The number of aromatic nitrogens is 3. The summed E-state index contributed by atoms with van der Waals surface area (Å²) >= 11 is 0. The van der Waals surface area contributed by atoms with E-state index in [4.69, 9.17) is 16.0 Å². The molecule has 4 aliphatic carbocycles. The first-order valence-corrected chi connectivity index (χ1v) is 11.8. The third-order valence-electron chi connectivity index (χ3n) is 7.90. The molecular formula is C25H24F3N5O3. The van der Waals surface area contributed by atoms with Gasteiger partial charge >= 0.3 is 0 Å². The topological polar surface area (TPSA) is 130 Å². The Morgan fingerprint density at radius 2 is 1.83 bits per heavy atom. The van der Waals surface area contributed by atoms with Crippen molar-refractivity contribution >= 4 is 17.5 Å². The van der Waals surface area contributed by atoms with E-state index >= 15 is 8.78 Å². The monoisotopic (exact) mass is 499 g/mol. The molecule has 2 bridgehead atoms. The molecule has 0 aliphatic heterocycles. The number of halogens is 3. The lowest BCUT2D eigenvalue weighted by Crippen LogP contribution is -2.67. The van der Waals surface area contributed by atoms with Crippen LogP contribution in [0.5, 0.6) is 0 Å². The van der Waals surface area contributed by atoms with Crippen LogP contribution in [0.15, 0.2) is 22.7 Å². The third kappa shape index (κ3) is 3.28. The Kier molecular flexibility index (Phi) is 4.57. The van der Waals surface area contributed by atoms with Crippen LogP contribution in [-0.4, -0.2) is 32.3 Å². The van der Waals surface area contributed by atoms with E-state index in [1.54, 1.807) is 6.07 Å². The summed E-state index contributed by atoms with van der Waals surface area (Å²) < 4.78 is 50.6. The summed E-state index contributed by atoms with van der Waals surface area (Å²) in [6.07, 6.45) is 2.26. The smallest absolute Gasteiger partial charge is 0.254 e. The van der Waals surface area contributed by atoms with Gasteiger partial charge in [0, 0.05) is 23.5 Å². The van der Waals surface area contributed by atoms with Gasteiger partial charge in [-0.15, -0.1) is 0 Å². The van der Waals surface area contributed by atoms with E-state index in [1.165, 1.54) is 16.8 Å². The molecule has 36 heavy (non-hydrogen) atoms. The highest BCUT2D eigenvalue weighted by molar-refractivity contribution is 6.03. The molecule has 4 saturated carbocycles. The molecule has 7 rings (SSSR count). The van der Waals surface area contributed by atoms with Gasteiger partial charge in [0.1, 0.15) is 34.3 Å². The summed E-state index contributed by atoms with van der Waals surface area (Å²) in [7, 11) is 0. The summed E-state index contributed by atoms with van der Waals surface area (Å²) in [5.74, 6) is -3.48. The molecule has 0 atom stereocenters. The van der Waals surface area contributed by atoms with Crippen LogP contribution in [0.1, 0.15) is 66.4 Å². The van der Waals surface area contributed by atoms with Gasteiger partial charge in [-0.1, -0.05) is 11.2 Å². The average Bonchev–Trinajstić information content (AvgIpc) is 3.18. The third-order valence-corrected chi connectivity index (χ3v) is 7.90. The number of anilines is 1. The zero-order chi connectivity index (χ0) is 25.6. The molecule has 0 saturated heterocycles. The Morgan fingerprint density at radius 1 is 1.14 bits per heavy atom. The minimum absolute atomic E-state index is 0.00327. The fourth-order valence-electron chi connectivity index (χ4n) is 5.63. The quantitative estimate of drug-likeness (QED) is 0.488. The van der Waals surface area contributed by atoms with Crippen LogP contribution in [0.25, 0.3) is 11.3 Å². The van der Waals surface area contributed by atoms with Gasteiger partial charge in [0.05, 0.1) is 17.7 Å². The second kappa shape index (κ2) is 7.21. The zero-order valence-corrected chi connectivity index (χ0v) is 19.5. The van der Waals surface area contributed by atoms with E-state index in [9.17, 15) is 14.0 Å². The molecule has 2 heterocycles. The molecule has 11 heteroatoms. The molecule has 4 fully saturated rings. The van der Waals surface area contributed by atoms with Gasteiger partial charge in [-0.05, 0) is 50.7 Å². The maximum atomic E-state index is 15.1. The summed E-state index contributed by atoms with van der Waals surface area (Å²) in [5.41, 5.74) is 9.68. The highest BCUT2D eigenvalue weighted by atomic mass is 19.2. The van der Waals surface area contributed by atoms with Gasteiger partial charge in [-0.3, -0.25) is 9.59 Å². The minimum atomic E-state index is -1.25. The number of rotatable bonds is 8. The van der Waals surface area contributed by atoms with Crippen molar-refractivity contribution in [1.82, 2.24) is 14.9 Å². The van der Waals surface area contributed by atoms with E-state index in [0.717, 1.165) is 12.8 Å². The van der Waals surface area contributed by atoms with E-state index < -0.39 is 34.5 Å². The van der Waals surface area contributed by atoms with E-state index in [1.807, 2.05) is 6.92 Å². The number of primary amides is 1. The Hall–Kier alpha value is -3.63. The van der Waals surface area contributed by atoms with Crippen molar-refractivity contribution in [3.05, 3.63) is 52.4 Å². The number of benzene rings is 1. The highest BCUT2D eigenvalue weighted by Gasteiger charge is 2.71. The molecule has 0 spiro atoms. The summed E-state index contributed by atoms with van der Waals surface area (Å²) in [6.45, 7) is 1.89. The first-order chi connectivity index (χ1) is 16.9. The van der Waals surface area contributed by atoms with Crippen molar-refractivity contribution < 1.29 is 27.3 Å². The van der Waals surface area contributed by atoms with Gasteiger partial charge in [-0.25, -0.2) is 17.9 Å². The molecular weight excluding hydrogens is 475 g/mol. The standard InChI is InChI=1S/C25H24F3N5O3/c1-23(4-5-23)33-21(29)17(22(30)35)20(31-33)15-3-2-12(18(26)19(15)27)6-13(34)7-14-8-16(32-36-14)24-9-25(28,10-24)11-24/h2-3,8H,4-7,9-11,29H2,1H3,(H2,30,35). The Morgan fingerprint density at radius 3 is 2.44 bits per heavy atom. The highest BCUT2D eigenvalue weighted by Crippen LogP contribution is 2.69. The second-order valence-corrected chi connectivity index (χ2v) is 10.8. The van der Waals surface area contributed by atoms with Crippen molar-refractivity contribution in [3.63, 3.8) is 0 Å². The van der Waals surface area contributed by atoms with Gasteiger partial charge in [0.2, 0.25) is 0 Å². The molecule has 0 unspecified atom stereocenters. The first kappa shape index (κ1) is 22.8. The molecule has 8 nitrogen and oxygen atoms in total. The number of hydrogen-bond donors (Lipinski definition) is 2. The first-order valence-electron chi connectivity index (χ1n) is 11.8. The number of Topliss-reactive ketones (excluding diaryl/α,β-unsaturated/α-hetero) is 1. The molecule has 3 aromatic rings. The van der Waals surface area contributed by atoms with Crippen LogP contribution in [0.3, 0.4) is 0 Å². The molecule has 1 amide bonds. The summed E-state index contributed by atoms with van der Waals surface area (Å²) in [4.78, 5) is 24.6. The Bertz CT molecular complexity index is 1440. The van der Waals surface area contributed by atoms with Crippen molar-refractivity contribution in [2.45, 2.75) is 68.5 Å². The lowest BCUT2D eigenvalue weighted by Gasteiger charge is -2.64. The number of nitrogen functional groups attached to an aromatic ring is 1.